The van der Waals surface area contributed by atoms with Crippen LogP contribution in [0.1, 0.15) is 24.0 Å². The molecule has 4 nitrogen and oxygen atoms in total. The fraction of sp³-hybridized carbons (Fsp3) is 0.333. The lowest BCUT2D eigenvalue weighted by molar-refractivity contribution is 0.178. The van der Waals surface area contributed by atoms with E-state index in [0.29, 0.717) is 12.5 Å². The molecule has 0 radical (unpaired) electrons. The highest BCUT2D eigenvalue weighted by Crippen LogP contribution is 2.22. The molecule has 1 aliphatic rings. The van der Waals surface area contributed by atoms with E-state index in [1.807, 2.05) is 48.5 Å². The van der Waals surface area contributed by atoms with Crippen LogP contribution in [0.25, 0.3) is 6.08 Å². The minimum atomic E-state index is -3.41. The monoisotopic (exact) mass is 404 g/mol. The SMILES string of the molecule is O=S(=O)(/C=C/c1ccccc1)NCC1CCN(Cc2ccccc2Cl)CC1. The lowest BCUT2D eigenvalue weighted by Gasteiger charge is -2.32. The van der Waals surface area contributed by atoms with Crippen LogP contribution < -0.4 is 4.72 Å². The quantitative estimate of drug-likeness (QED) is 0.754. The second-order valence-electron chi connectivity index (χ2n) is 6.92. The van der Waals surface area contributed by atoms with Crippen LogP contribution in [0.5, 0.6) is 0 Å². The first kappa shape index (κ1) is 20.1. The van der Waals surface area contributed by atoms with Crippen LogP contribution in [0.2, 0.25) is 5.02 Å². The first-order valence-electron chi connectivity index (χ1n) is 9.20. The second kappa shape index (κ2) is 9.51. The van der Waals surface area contributed by atoms with E-state index in [1.165, 1.54) is 5.41 Å². The zero-order valence-corrected chi connectivity index (χ0v) is 16.8. The number of rotatable bonds is 7. The standard InChI is InChI=1S/C21H25ClN2O2S/c22-21-9-5-4-8-20(21)17-24-13-10-19(11-14-24)16-23-27(25,26)15-12-18-6-2-1-3-7-18/h1-9,12,15,19,23H,10-11,13-14,16-17H2/b15-12+. The molecule has 0 spiro atoms. The molecule has 1 aliphatic heterocycles. The molecule has 3 rings (SSSR count). The topological polar surface area (TPSA) is 49.4 Å². The molecule has 0 amide bonds. The van der Waals surface area contributed by atoms with Gasteiger partial charge in [0.15, 0.2) is 0 Å². The first-order valence-corrected chi connectivity index (χ1v) is 11.1. The van der Waals surface area contributed by atoms with Crippen LogP contribution >= 0.6 is 11.6 Å². The Hall–Kier alpha value is -1.66. The molecule has 144 valence electrons. The van der Waals surface area contributed by atoms with E-state index in [9.17, 15) is 8.42 Å². The lowest BCUT2D eigenvalue weighted by Crippen LogP contribution is -2.38. The van der Waals surface area contributed by atoms with Gasteiger partial charge in [0, 0.05) is 23.5 Å². The summed E-state index contributed by atoms with van der Waals surface area (Å²) >= 11 is 6.24. The third-order valence-corrected chi connectivity index (χ3v) is 6.30. The highest BCUT2D eigenvalue weighted by atomic mass is 35.5. The summed E-state index contributed by atoms with van der Waals surface area (Å²) in [7, 11) is -3.41. The molecular weight excluding hydrogens is 380 g/mol. The smallest absolute Gasteiger partial charge is 0.233 e. The van der Waals surface area contributed by atoms with Gasteiger partial charge in [-0.3, -0.25) is 4.90 Å². The fourth-order valence-corrected chi connectivity index (χ4v) is 4.33. The summed E-state index contributed by atoms with van der Waals surface area (Å²) in [6.45, 7) is 3.24. The van der Waals surface area contributed by atoms with Crippen molar-refractivity contribution in [1.82, 2.24) is 9.62 Å². The normalized spacial score (nSPS) is 16.8. The highest BCUT2D eigenvalue weighted by molar-refractivity contribution is 7.92. The molecule has 0 atom stereocenters. The number of nitrogens with one attached hydrogen (secondary N) is 1. The molecule has 0 unspecified atom stereocenters. The van der Waals surface area contributed by atoms with E-state index in [1.54, 1.807) is 6.08 Å². The highest BCUT2D eigenvalue weighted by Gasteiger charge is 2.21. The van der Waals surface area contributed by atoms with Crippen LogP contribution in [-0.2, 0) is 16.6 Å². The van der Waals surface area contributed by atoms with Crippen molar-refractivity contribution in [2.45, 2.75) is 19.4 Å². The van der Waals surface area contributed by atoms with Gasteiger partial charge >= 0.3 is 0 Å². The van der Waals surface area contributed by atoms with Crippen molar-refractivity contribution in [1.29, 1.82) is 0 Å². The summed E-state index contributed by atoms with van der Waals surface area (Å²) < 4.78 is 27.1. The Kier molecular flexibility index (Phi) is 7.07. The largest absolute Gasteiger partial charge is 0.299 e. The molecule has 6 heteroatoms. The Balaban J connectivity index is 1.44. The third kappa shape index (κ3) is 6.47. The number of hydrogen-bond acceptors (Lipinski definition) is 3. The summed E-state index contributed by atoms with van der Waals surface area (Å²) in [6.07, 6.45) is 3.58. The molecule has 27 heavy (non-hydrogen) atoms. The summed E-state index contributed by atoms with van der Waals surface area (Å²) in [4.78, 5) is 2.38. The van der Waals surface area contributed by atoms with Crippen molar-refractivity contribution in [3.05, 3.63) is 76.2 Å². The van der Waals surface area contributed by atoms with Crippen molar-refractivity contribution in [2.24, 2.45) is 5.92 Å². The van der Waals surface area contributed by atoms with E-state index < -0.39 is 10.0 Å². The van der Waals surface area contributed by atoms with Gasteiger partial charge in [-0.1, -0.05) is 60.1 Å². The lowest BCUT2D eigenvalue weighted by atomic mass is 9.97. The number of benzene rings is 2. The Labute approximate surface area is 166 Å². The fourth-order valence-electron chi connectivity index (χ4n) is 3.23. The maximum absolute atomic E-state index is 12.2. The average Bonchev–Trinajstić information content (AvgIpc) is 2.69. The van der Waals surface area contributed by atoms with Crippen molar-refractivity contribution in [2.75, 3.05) is 19.6 Å². The number of likely N-dealkylation sites (tertiary alicyclic amines) is 1. The minimum absolute atomic E-state index is 0.368. The van der Waals surface area contributed by atoms with Crippen molar-refractivity contribution < 1.29 is 8.42 Å². The van der Waals surface area contributed by atoms with Crippen LogP contribution in [0.4, 0.5) is 0 Å². The minimum Gasteiger partial charge on any atom is -0.299 e. The maximum atomic E-state index is 12.2. The molecule has 1 fully saturated rings. The number of nitrogens with zero attached hydrogens (tertiary/aromatic N) is 1. The zero-order valence-electron chi connectivity index (χ0n) is 15.2. The first-order chi connectivity index (χ1) is 13.0. The van der Waals surface area contributed by atoms with E-state index in [2.05, 4.69) is 15.7 Å². The van der Waals surface area contributed by atoms with Gasteiger partial charge in [0.25, 0.3) is 0 Å². The molecule has 1 N–H and O–H groups in total. The van der Waals surface area contributed by atoms with Crippen LogP contribution in [-0.4, -0.2) is 33.0 Å². The van der Waals surface area contributed by atoms with Gasteiger partial charge < -0.3 is 0 Å². The summed E-state index contributed by atoms with van der Waals surface area (Å²) in [5.74, 6) is 0.368. The third-order valence-electron chi connectivity index (χ3n) is 4.87. The summed E-state index contributed by atoms with van der Waals surface area (Å²) in [5, 5.41) is 2.05. The Morgan fingerprint density at radius 1 is 1.04 bits per heavy atom. The predicted octanol–water partition coefficient (Wildman–Crippen LogP) is 4.14. The average molecular weight is 405 g/mol. The van der Waals surface area contributed by atoms with Crippen LogP contribution in [0, 0.1) is 5.92 Å². The van der Waals surface area contributed by atoms with Crippen LogP contribution in [0.15, 0.2) is 60.0 Å². The molecule has 2 aromatic carbocycles. The van der Waals surface area contributed by atoms with E-state index >= 15 is 0 Å². The summed E-state index contributed by atoms with van der Waals surface area (Å²) in [6, 6.07) is 17.3. The number of halogens is 1. The van der Waals surface area contributed by atoms with Crippen LogP contribution in [0.3, 0.4) is 0 Å². The van der Waals surface area contributed by atoms with Crippen molar-refractivity contribution >= 4 is 27.7 Å². The van der Waals surface area contributed by atoms with Gasteiger partial charge in [-0.25, -0.2) is 13.1 Å². The molecule has 1 saturated heterocycles. The summed E-state index contributed by atoms with van der Waals surface area (Å²) in [5.41, 5.74) is 2.01. The van der Waals surface area contributed by atoms with Gasteiger partial charge in [-0.15, -0.1) is 0 Å². The van der Waals surface area contributed by atoms with E-state index in [4.69, 9.17) is 11.6 Å². The number of piperidine rings is 1. The Bertz CT molecular complexity index is 861. The van der Waals surface area contributed by atoms with Crippen molar-refractivity contribution in [3.8, 4) is 0 Å². The van der Waals surface area contributed by atoms with E-state index in [0.717, 1.165) is 48.6 Å². The van der Waals surface area contributed by atoms with Gasteiger partial charge in [-0.2, -0.15) is 0 Å². The molecule has 0 saturated carbocycles. The molecule has 0 aliphatic carbocycles. The second-order valence-corrected chi connectivity index (χ2v) is 8.98. The van der Waals surface area contributed by atoms with Crippen molar-refractivity contribution in [3.63, 3.8) is 0 Å². The molecule has 0 aromatic heterocycles. The van der Waals surface area contributed by atoms with Gasteiger partial charge in [0.05, 0.1) is 0 Å². The Morgan fingerprint density at radius 2 is 1.70 bits per heavy atom. The van der Waals surface area contributed by atoms with Gasteiger partial charge in [-0.05, 0) is 55.1 Å². The van der Waals surface area contributed by atoms with E-state index in [-0.39, 0.29) is 0 Å². The number of sulfonamides is 1. The Morgan fingerprint density at radius 3 is 2.41 bits per heavy atom. The maximum Gasteiger partial charge on any atom is 0.233 e. The molecule has 0 bridgehead atoms. The predicted molar refractivity (Wildman–Crippen MR) is 112 cm³/mol. The molecule has 2 aromatic rings. The molecule has 1 heterocycles. The van der Waals surface area contributed by atoms with Gasteiger partial charge in [0.1, 0.15) is 0 Å². The number of hydrogen-bond donors (Lipinski definition) is 1. The van der Waals surface area contributed by atoms with Gasteiger partial charge in [0.2, 0.25) is 10.0 Å². The zero-order chi connectivity index (χ0) is 19.1. The molecular formula is C21H25ClN2O2S.